The summed E-state index contributed by atoms with van der Waals surface area (Å²) in [5.74, 6) is 0.373. The summed E-state index contributed by atoms with van der Waals surface area (Å²) >= 11 is 0. The quantitative estimate of drug-likeness (QED) is 0.623. The SMILES string of the molecule is Cc1cn(S(=O)(=O)Cl)c(C)n1. The second-order valence-corrected chi connectivity index (χ2v) is 4.55. The van der Waals surface area contributed by atoms with E-state index in [1.165, 1.54) is 6.20 Å². The monoisotopic (exact) mass is 194 g/mol. The van der Waals surface area contributed by atoms with Gasteiger partial charge in [-0.25, -0.2) is 8.96 Å². The highest BCUT2D eigenvalue weighted by atomic mass is 35.7. The number of hydrogen-bond donors (Lipinski definition) is 0. The smallest absolute Gasteiger partial charge is 0.238 e. The van der Waals surface area contributed by atoms with Gasteiger partial charge >= 0.3 is 9.24 Å². The van der Waals surface area contributed by atoms with Gasteiger partial charge in [0.2, 0.25) is 0 Å². The number of nitrogens with zero attached hydrogens (tertiary/aromatic N) is 2. The summed E-state index contributed by atoms with van der Waals surface area (Å²) in [6.45, 7) is 3.28. The molecule has 11 heavy (non-hydrogen) atoms. The van der Waals surface area contributed by atoms with E-state index in [1.807, 2.05) is 0 Å². The van der Waals surface area contributed by atoms with Crippen LogP contribution in [-0.4, -0.2) is 17.4 Å². The van der Waals surface area contributed by atoms with E-state index >= 15 is 0 Å². The molecule has 0 radical (unpaired) electrons. The van der Waals surface area contributed by atoms with Crippen molar-refractivity contribution >= 4 is 19.9 Å². The van der Waals surface area contributed by atoms with Crippen LogP contribution in [0.3, 0.4) is 0 Å². The van der Waals surface area contributed by atoms with Crippen LogP contribution >= 0.6 is 10.7 Å². The molecule has 1 aromatic rings. The summed E-state index contributed by atoms with van der Waals surface area (Å²) in [7, 11) is 1.39. The van der Waals surface area contributed by atoms with Crippen LogP contribution in [0.2, 0.25) is 0 Å². The molecule has 0 aliphatic rings. The van der Waals surface area contributed by atoms with E-state index in [2.05, 4.69) is 4.98 Å². The van der Waals surface area contributed by atoms with E-state index in [-0.39, 0.29) is 0 Å². The first-order valence-electron chi connectivity index (χ1n) is 2.89. The average molecular weight is 195 g/mol. The standard InChI is InChI=1S/C5H7ClN2O2S/c1-4-3-8(5(2)7-4)11(6,9)10/h3H,1-2H3. The van der Waals surface area contributed by atoms with Crippen LogP contribution in [0.25, 0.3) is 0 Å². The highest BCUT2D eigenvalue weighted by molar-refractivity contribution is 8.12. The lowest BCUT2D eigenvalue weighted by molar-refractivity contribution is 0.600. The molecular weight excluding hydrogens is 188 g/mol. The van der Waals surface area contributed by atoms with Crippen molar-refractivity contribution in [3.63, 3.8) is 0 Å². The molecule has 0 atom stereocenters. The third-order valence-corrected chi connectivity index (χ3v) is 2.48. The molecule has 0 saturated heterocycles. The van der Waals surface area contributed by atoms with Crippen molar-refractivity contribution in [2.24, 2.45) is 0 Å². The fourth-order valence-corrected chi connectivity index (χ4v) is 1.87. The minimum Gasteiger partial charge on any atom is -0.238 e. The van der Waals surface area contributed by atoms with Crippen molar-refractivity contribution in [3.05, 3.63) is 17.7 Å². The van der Waals surface area contributed by atoms with Gasteiger partial charge in [-0.15, -0.1) is 0 Å². The van der Waals surface area contributed by atoms with Crippen LogP contribution in [0.1, 0.15) is 11.5 Å². The number of aryl methyl sites for hydroxylation is 2. The second kappa shape index (κ2) is 2.49. The number of rotatable bonds is 1. The minimum atomic E-state index is -3.69. The summed E-state index contributed by atoms with van der Waals surface area (Å²) in [6.07, 6.45) is 1.37. The van der Waals surface area contributed by atoms with Gasteiger partial charge in [-0.2, -0.15) is 8.42 Å². The molecule has 6 heteroatoms. The van der Waals surface area contributed by atoms with Crippen molar-refractivity contribution in [3.8, 4) is 0 Å². The van der Waals surface area contributed by atoms with Crippen LogP contribution in [0.15, 0.2) is 6.20 Å². The first-order chi connectivity index (χ1) is 4.91. The molecule has 0 aliphatic carbocycles. The van der Waals surface area contributed by atoms with Crippen molar-refractivity contribution in [2.75, 3.05) is 0 Å². The average Bonchev–Trinajstić information content (AvgIpc) is 2.08. The van der Waals surface area contributed by atoms with Gasteiger partial charge in [0.15, 0.2) is 0 Å². The first-order valence-corrected chi connectivity index (χ1v) is 5.15. The number of aromatic nitrogens is 2. The van der Waals surface area contributed by atoms with Gasteiger partial charge in [0.25, 0.3) is 0 Å². The van der Waals surface area contributed by atoms with E-state index in [4.69, 9.17) is 10.7 Å². The zero-order chi connectivity index (χ0) is 8.65. The van der Waals surface area contributed by atoms with Gasteiger partial charge in [0, 0.05) is 16.9 Å². The Morgan fingerprint density at radius 1 is 1.55 bits per heavy atom. The van der Waals surface area contributed by atoms with Crippen LogP contribution in [0.5, 0.6) is 0 Å². The molecule has 0 aliphatic heterocycles. The largest absolute Gasteiger partial charge is 0.326 e. The Morgan fingerprint density at radius 3 is 2.27 bits per heavy atom. The van der Waals surface area contributed by atoms with Gasteiger partial charge in [0.05, 0.1) is 5.69 Å². The highest BCUT2D eigenvalue weighted by Crippen LogP contribution is 2.08. The fourth-order valence-electron chi connectivity index (χ4n) is 0.817. The predicted octanol–water partition coefficient (Wildman–Crippen LogP) is 0.832. The summed E-state index contributed by atoms with van der Waals surface area (Å²) in [6, 6.07) is 0. The molecule has 0 aromatic carbocycles. The molecule has 0 fully saturated rings. The molecule has 0 N–H and O–H groups in total. The maximum atomic E-state index is 10.8. The molecule has 62 valence electrons. The van der Waals surface area contributed by atoms with Crippen molar-refractivity contribution in [1.29, 1.82) is 0 Å². The normalized spacial score (nSPS) is 11.9. The van der Waals surface area contributed by atoms with E-state index in [0.717, 1.165) is 3.97 Å². The number of halogens is 1. The number of imidazole rings is 1. The van der Waals surface area contributed by atoms with Gasteiger partial charge in [-0.05, 0) is 13.8 Å². The maximum Gasteiger partial charge on any atom is 0.326 e. The maximum absolute atomic E-state index is 10.8. The Bertz CT molecular complexity index is 368. The number of hydrogen-bond acceptors (Lipinski definition) is 3. The van der Waals surface area contributed by atoms with Crippen molar-refractivity contribution in [1.82, 2.24) is 8.96 Å². The van der Waals surface area contributed by atoms with E-state index in [9.17, 15) is 8.42 Å². The summed E-state index contributed by atoms with van der Waals surface area (Å²) < 4.78 is 22.4. The van der Waals surface area contributed by atoms with Crippen LogP contribution < -0.4 is 0 Å². The van der Waals surface area contributed by atoms with Crippen LogP contribution in [-0.2, 0) is 9.24 Å². The molecular formula is C5H7ClN2O2S. The molecule has 0 bridgehead atoms. The zero-order valence-electron chi connectivity index (χ0n) is 6.07. The Hall–Kier alpha value is -0.550. The predicted molar refractivity (Wildman–Crippen MR) is 41.9 cm³/mol. The van der Waals surface area contributed by atoms with Gasteiger partial charge in [-0.3, -0.25) is 0 Å². The molecule has 0 spiro atoms. The molecule has 0 saturated carbocycles. The Morgan fingerprint density at radius 2 is 2.09 bits per heavy atom. The topological polar surface area (TPSA) is 52.0 Å². The molecule has 0 unspecified atom stereocenters. The highest BCUT2D eigenvalue weighted by Gasteiger charge is 2.11. The Balaban J connectivity index is 3.36. The third kappa shape index (κ3) is 1.72. The second-order valence-electron chi connectivity index (χ2n) is 2.17. The summed E-state index contributed by atoms with van der Waals surface area (Å²) in [5.41, 5.74) is 0.631. The lowest BCUT2D eigenvalue weighted by atomic mass is 10.6. The zero-order valence-corrected chi connectivity index (χ0v) is 7.65. The van der Waals surface area contributed by atoms with Gasteiger partial charge < -0.3 is 0 Å². The third-order valence-electron chi connectivity index (χ3n) is 1.20. The van der Waals surface area contributed by atoms with Crippen molar-refractivity contribution < 1.29 is 8.42 Å². The van der Waals surface area contributed by atoms with E-state index in [1.54, 1.807) is 13.8 Å². The van der Waals surface area contributed by atoms with E-state index < -0.39 is 9.24 Å². The minimum absolute atomic E-state index is 0.373. The first kappa shape index (κ1) is 8.55. The van der Waals surface area contributed by atoms with Crippen LogP contribution in [0, 0.1) is 13.8 Å². The lowest BCUT2D eigenvalue weighted by Crippen LogP contribution is -2.05. The molecule has 0 amide bonds. The molecule has 1 heterocycles. The Labute approximate surface area is 69.4 Å². The molecule has 1 rings (SSSR count). The molecule has 1 aromatic heterocycles. The van der Waals surface area contributed by atoms with Crippen molar-refractivity contribution in [2.45, 2.75) is 13.8 Å². The van der Waals surface area contributed by atoms with Gasteiger partial charge in [0.1, 0.15) is 5.82 Å². The van der Waals surface area contributed by atoms with E-state index in [0.29, 0.717) is 11.5 Å². The van der Waals surface area contributed by atoms with Crippen LogP contribution in [0.4, 0.5) is 0 Å². The Kier molecular flexibility index (Phi) is 1.94. The fraction of sp³-hybridized carbons (Fsp3) is 0.400. The summed E-state index contributed by atoms with van der Waals surface area (Å²) in [5, 5.41) is 0. The summed E-state index contributed by atoms with van der Waals surface area (Å²) in [4.78, 5) is 3.88. The van der Waals surface area contributed by atoms with Gasteiger partial charge in [-0.1, -0.05) is 0 Å². The lowest BCUT2D eigenvalue weighted by Gasteiger charge is -1.95. The molecule has 4 nitrogen and oxygen atoms in total.